The molecule has 1 heterocycles. The second-order valence-corrected chi connectivity index (χ2v) is 6.72. The molecule has 0 bridgehead atoms. The fraction of sp³-hybridized carbons (Fsp3) is 0.429. The van der Waals surface area contributed by atoms with Gasteiger partial charge < -0.3 is 14.2 Å². The quantitative estimate of drug-likeness (QED) is 0.744. The highest BCUT2D eigenvalue weighted by Gasteiger charge is 2.19. The van der Waals surface area contributed by atoms with E-state index in [0.717, 1.165) is 50.4 Å². The Labute approximate surface area is 160 Å². The maximum Gasteiger partial charge on any atom is 0.203 e. The third kappa shape index (κ3) is 4.90. The summed E-state index contributed by atoms with van der Waals surface area (Å²) in [5, 5.41) is 0. The van der Waals surface area contributed by atoms with E-state index in [1.54, 1.807) is 33.5 Å². The summed E-state index contributed by atoms with van der Waals surface area (Å²) in [5.41, 5.74) is 2.15. The Morgan fingerprint density at radius 2 is 1.33 bits per heavy atom. The van der Waals surface area contributed by atoms with Gasteiger partial charge in [0.05, 0.1) is 21.3 Å². The van der Waals surface area contributed by atoms with Crippen LogP contribution in [-0.2, 0) is 13.1 Å². The number of methoxy groups -OCH3 is 3. The van der Waals surface area contributed by atoms with E-state index in [4.69, 9.17) is 14.2 Å². The fourth-order valence-corrected chi connectivity index (χ4v) is 3.48. The second kappa shape index (κ2) is 9.06. The van der Waals surface area contributed by atoms with Crippen LogP contribution in [0.1, 0.15) is 11.1 Å². The normalized spacial score (nSPS) is 15.6. The van der Waals surface area contributed by atoms with Gasteiger partial charge in [0.15, 0.2) is 11.5 Å². The first kappa shape index (κ1) is 19.5. The first-order valence-corrected chi connectivity index (χ1v) is 9.11. The number of halogens is 1. The Morgan fingerprint density at radius 1 is 0.778 bits per heavy atom. The zero-order valence-electron chi connectivity index (χ0n) is 16.2. The van der Waals surface area contributed by atoms with Gasteiger partial charge >= 0.3 is 0 Å². The maximum atomic E-state index is 13.3. The van der Waals surface area contributed by atoms with Gasteiger partial charge in [0.25, 0.3) is 0 Å². The summed E-state index contributed by atoms with van der Waals surface area (Å²) in [6, 6.07) is 10.8. The molecule has 0 N–H and O–H groups in total. The Balaban J connectivity index is 1.59. The summed E-state index contributed by atoms with van der Waals surface area (Å²) in [7, 11) is 4.87. The summed E-state index contributed by atoms with van der Waals surface area (Å²) < 4.78 is 29.6. The molecule has 0 saturated carbocycles. The van der Waals surface area contributed by atoms with Crippen molar-refractivity contribution in [1.82, 2.24) is 9.80 Å². The van der Waals surface area contributed by atoms with E-state index in [-0.39, 0.29) is 5.82 Å². The van der Waals surface area contributed by atoms with E-state index in [2.05, 4.69) is 9.80 Å². The lowest BCUT2D eigenvalue weighted by Crippen LogP contribution is -2.45. The highest BCUT2D eigenvalue weighted by molar-refractivity contribution is 5.53. The van der Waals surface area contributed by atoms with Crippen molar-refractivity contribution in [3.63, 3.8) is 0 Å². The average molecular weight is 374 g/mol. The molecule has 1 aliphatic rings. The molecule has 2 aromatic rings. The molecule has 146 valence electrons. The van der Waals surface area contributed by atoms with Crippen LogP contribution in [-0.4, -0.2) is 57.3 Å². The van der Waals surface area contributed by atoms with Crippen molar-refractivity contribution in [3.05, 3.63) is 53.3 Å². The fourth-order valence-electron chi connectivity index (χ4n) is 3.48. The third-order valence-corrected chi connectivity index (χ3v) is 4.89. The van der Waals surface area contributed by atoms with Crippen molar-refractivity contribution in [1.29, 1.82) is 0 Å². The lowest BCUT2D eigenvalue weighted by Gasteiger charge is -2.34. The van der Waals surface area contributed by atoms with Crippen LogP contribution in [0.15, 0.2) is 36.4 Å². The molecule has 6 heteroatoms. The van der Waals surface area contributed by atoms with E-state index < -0.39 is 0 Å². The summed E-state index contributed by atoms with van der Waals surface area (Å²) in [6.45, 7) is 5.46. The third-order valence-electron chi connectivity index (χ3n) is 4.89. The Bertz CT molecular complexity index is 736. The van der Waals surface area contributed by atoms with Crippen LogP contribution in [0.2, 0.25) is 0 Å². The number of nitrogens with zero attached hydrogens (tertiary/aromatic N) is 2. The highest BCUT2D eigenvalue weighted by Crippen LogP contribution is 2.38. The Morgan fingerprint density at radius 3 is 1.81 bits per heavy atom. The summed E-state index contributed by atoms with van der Waals surface area (Å²) >= 11 is 0. The summed E-state index contributed by atoms with van der Waals surface area (Å²) in [4.78, 5) is 4.77. The monoisotopic (exact) mass is 374 g/mol. The molecule has 0 radical (unpaired) electrons. The first-order chi connectivity index (χ1) is 13.1. The van der Waals surface area contributed by atoms with Gasteiger partial charge in [-0.3, -0.25) is 9.80 Å². The number of rotatable bonds is 7. The van der Waals surface area contributed by atoms with Crippen LogP contribution >= 0.6 is 0 Å². The molecule has 1 saturated heterocycles. The number of ether oxygens (including phenoxy) is 3. The molecular formula is C21H27FN2O3. The number of hydrogen-bond acceptors (Lipinski definition) is 5. The SMILES string of the molecule is COc1cc(CN2CCN(Cc3cccc(F)c3)CC2)cc(OC)c1OC. The minimum absolute atomic E-state index is 0.173. The maximum absolute atomic E-state index is 13.3. The average Bonchev–Trinajstić information content (AvgIpc) is 2.68. The minimum atomic E-state index is -0.173. The van der Waals surface area contributed by atoms with Gasteiger partial charge in [-0.1, -0.05) is 12.1 Å². The molecule has 1 aliphatic heterocycles. The molecule has 3 rings (SSSR count). The van der Waals surface area contributed by atoms with Crippen LogP contribution in [0, 0.1) is 5.82 Å². The van der Waals surface area contributed by atoms with Crippen LogP contribution in [0.4, 0.5) is 4.39 Å². The van der Waals surface area contributed by atoms with Gasteiger partial charge in [-0.2, -0.15) is 0 Å². The zero-order valence-corrected chi connectivity index (χ0v) is 16.2. The topological polar surface area (TPSA) is 34.2 Å². The molecule has 27 heavy (non-hydrogen) atoms. The smallest absolute Gasteiger partial charge is 0.203 e. The predicted molar refractivity (Wildman–Crippen MR) is 103 cm³/mol. The molecule has 0 spiro atoms. The Kier molecular flexibility index (Phi) is 6.53. The van der Waals surface area contributed by atoms with Gasteiger partial charge in [-0.05, 0) is 35.4 Å². The number of piperazine rings is 1. The molecule has 0 amide bonds. The van der Waals surface area contributed by atoms with Gasteiger partial charge in [0.2, 0.25) is 5.75 Å². The van der Waals surface area contributed by atoms with Crippen LogP contribution in [0.25, 0.3) is 0 Å². The molecule has 0 unspecified atom stereocenters. The number of hydrogen-bond donors (Lipinski definition) is 0. The standard InChI is InChI=1S/C21H27FN2O3/c1-25-19-12-17(13-20(26-2)21(19)27-3)15-24-9-7-23(8-10-24)14-16-5-4-6-18(22)11-16/h4-6,11-13H,7-10,14-15H2,1-3H3. The molecule has 5 nitrogen and oxygen atoms in total. The van der Waals surface area contributed by atoms with Gasteiger partial charge in [-0.25, -0.2) is 4.39 Å². The molecule has 1 fully saturated rings. The van der Waals surface area contributed by atoms with Crippen molar-refractivity contribution in [2.24, 2.45) is 0 Å². The Hall–Kier alpha value is -2.31. The summed E-state index contributed by atoms with van der Waals surface area (Å²) in [5.74, 6) is 1.80. The first-order valence-electron chi connectivity index (χ1n) is 9.11. The molecule has 0 atom stereocenters. The number of benzene rings is 2. The lowest BCUT2D eigenvalue weighted by atomic mass is 10.1. The lowest BCUT2D eigenvalue weighted by molar-refractivity contribution is 0.122. The molecule has 0 aromatic heterocycles. The van der Waals surface area contributed by atoms with Crippen LogP contribution in [0.5, 0.6) is 17.2 Å². The minimum Gasteiger partial charge on any atom is -0.493 e. The molecule has 2 aromatic carbocycles. The van der Waals surface area contributed by atoms with E-state index in [0.29, 0.717) is 17.2 Å². The van der Waals surface area contributed by atoms with Gasteiger partial charge in [0.1, 0.15) is 5.82 Å². The van der Waals surface area contributed by atoms with E-state index in [1.807, 2.05) is 18.2 Å². The second-order valence-electron chi connectivity index (χ2n) is 6.72. The van der Waals surface area contributed by atoms with Crippen LogP contribution in [0.3, 0.4) is 0 Å². The zero-order chi connectivity index (χ0) is 19.2. The van der Waals surface area contributed by atoms with Crippen molar-refractivity contribution >= 4 is 0 Å². The van der Waals surface area contributed by atoms with Crippen molar-refractivity contribution in [2.45, 2.75) is 13.1 Å². The molecule has 0 aliphatic carbocycles. The van der Waals surface area contributed by atoms with Crippen molar-refractivity contribution in [3.8, 4) is 17.2 Å². The highest BCUT2D eigenvalue weighted by atomic mass is 19.1. The molecular weight excluding hydrogens is 347 g/mol. The van der Waals surface area contributed by atoms with Gasteiger partial charge in [0, 0.05) is 39.3 Å². The summed E-state index contributed by atoms with van der Waals surface area (Å²) in [6.07, 6.45) is 0. The largest absolute Gasteiger partial charge is 0.493 e. The van der Waals surface area contributed by atoms with E-state index in [9.17, 15) is 4.39 Å². The van der Waals surface area contributed by atoms with Crippen molar-refractivity contribution in [2.75, 3.05) is 47.5 Å². The van der Waals surface area contributed by atoms with E-state index in [1.165, 1.54) is 6.07 Å². The predicted octanol–water partition coefficient (Wildman–Crippen LogP) is 3.17. The van der Waals surface area contributed by atoms with Crippen molar-refractivity contribution < 1.29 is 18.6 Å². The van der Waals surface area contributed by atoms with E-state index >= 15 is 0 Å². The van der Waals surface area contributed by atoms with Crippen LogP contribution < -0.4 is 14.2 Å². The van der Waals surface area contributed by atoms with Gasteiger partial charge in [-0.15, -0.1) is 0 Å².